The average molecular weight is 530 g/mol. The van der Waals surface area contributed by atoms with E-state index >= 15 is 4.39 Å². The van der Waals surface area contributed by atoms with Gasteiger partial charge >= 0.3 is 6.09 Å². The monoisotopic (exact) mass is 529 g/mol. The molecule has 0 radical (unpaired) electrons. The van der Waals surface area contributed by atoms with E-state index in [-0.39, 0.29) is 5.82 Å². The molecule has 1 amide bonds. The summed E-state index contributed by atoms with van der Waals surface area (Å²) in [5.74, 6) is 1.02. The van der Waals surface area contributed by atoms with E-state index in [1.807, 2.05) is 22.4 Å². The molecule has 6 rings (SSSR count). The summed E-state index contributed by atoms with van der Waals surface area (Å²) >= 11 is 1.36. The number of hydrogen-bond donors (Lipinski definition) is 1. The lowest BCUT2D eigenvalue weighted by Gasteiger charge is -2.36. The minimum Gasteiger partial charge on any atom is -0.399 e. The molecule has 0 spiro atoms. The number of halogens is 1. The van der Waals surface area contributed by atoms with Crippen LogP contribution in [0.5, 0.6) is 5.06 Å². The van der Waals surface area contributed by atoms with Crippen molar-refractivity contribution in [3.05, 3.63) is 41.5 Å². The lowest BCUT2D eigenvalue weighted by atomic mass is 9.84. The van der Waals surface area contributed by atoms with E-state index in [0.29, 0.717) is 67.0 Å². The van der Waals surface area contributed by atoms with Crippen LogP contribution in [0.15, 0.2) is 35.7 Å². The summed E-state index contributed by atoms with van der Waals surface area (Å²) in [6.45, 7) is 5.64. The summed E-state index contributed by atoms with van der Waals surface area (Å²) in [4.78, 5) is 19.3. The van der Waals surface area contributed by atoms with Crippen LogP contribution >= 0.6 is 11.3 Å². The molecule has 1 aromatic carbocycles. The van der Waals surface area contributed by atoms with Crippen LogP contribution in [0.2, 0.25) is 0 Å². The van der Waals surface area contributed by atoms with Gasteiger partial charge in [-0.05, 0) is 66.3 Å². The minimum absolute atomic E-state index is 0.337. The maximum absolute atomic E-state index is 15.2. The zero-order valence-electron chi connectivity index (χ0n) is 21.2. The van der Waals surface area contributed by atoms with Crippen LogP contribution in [0.4, 0.5) is 20.6 Å². The van der Waals surface area contributed by atoms with Gasteiger partial charge in [0.05, 0.1) is 30.2 Å². The number of carbonyl (C=O) groups is 1. The van der Waals surface area contributed by atoms with E-state index < -0.39 is 11.7 Å². The Hall–Kier alpha value is -2.20. The van der Waals surface area contributed by atoms with Crippen LogP contribution < -0.4 is 14.5 Å². The van der Waals surface area contributed by atoms with Gasteiger partial charge in [0, 0.05) is 39.3 Å². The van der Waals surface area contributed by atoms with Gasteiger partial charge in [0.25, 0.3) is 0 Å². The van der Waals surface area contributed by atoms with Gasteiger partial charge in [0.15, 0.2) is 5.06 Å². The number of morpholine rings is 1. The molecule has 2 saturated heterocycles. The molecular weight excluding hydrogens is 493 g/mol. The number of likely N-dealkylation sites (tertiary alicyclic amines) is 1. The number of amides is 1. The quantitative estimate of drug-likeness (QED) is 0.566. The van der Waals surface area contributed by atoms with Crippen molar-refractivity contribution in [2.24, 2.45) is 17.8 Å². The van der Waals surface area contributed by atoms with Crippen molar-refractivity contribution in [1.29, 1.82) is 0 Å². The van der Waals surface area contributed by atoms with Gasteiger partial charge < -0.3 is 19.5 Å². The van der Waals surface area contributed by atoms with Crippen molar-refractivity contribution in [2.45, 2.75) is 37.7 Å². The molecule has 3 heterocycles. The van der Waals surface area contributed by atoms with Crippen molar-refractivity contribution in [2.75, 3.05) is 62.3 Å². The molecule has 37 heavy (non-hydrogen) atoms. The molecule has 4 aliphatic rings. The molecule has 4 fully saturated rings. The maximum atomic E-state index is 15.2. The zero-order valence-corrected chi connectivity index (χ0v) is 22.0. The number of aliphatic hydroxyl groups is 1. The van der Waals surface area contributed by atoms with Gasteiger partial charge in [-0.3, -0.25) is 9.80 Å². The van der Waals surface area contributed by atoms with Crippen LogP contribution in [0.3, 0.4) is 0 Å². The molecule has 1 aromatic heterocycles. The van der Waals surface area contributed by atoms with Crippen LogP contribution in [0, 0.1) is 23.6 Å². The van der Waals surface area contributed by atoms with Crippen molar-refractivity contribution >= 4 is 28.8 Å². The molecule has 2 saturated carbocycles. The molecule has 7 nitrogen and oxygen atoms in total. The first-order chi connectivity index (χ1) is 18.0. The topological polar surface area (TPSA) is 65.5 Å². The van der Waals surface area contributed by atoms with Crippen LogP contribution in [-0.2, 0) is 4.74 Å². The van der Waals surface area contributed by atoms with E-state index in [9.17, 15) is 9.90 Å². The predicted octanol–water partition coefficient (Wildman–Crippen LogP) is 4.60. The number of anilines is 2. The molecule has 2 aliphatic carbocycles. The largest absolute Gasteiger partial charge is 0.420 e. The second kappa shape index (κ2) is 10.5. The van der Waals surface area contributed by atoms with E-state index in [1.54, 1.807) is 17.0 Å². The highest BCUT2D eigenvalue weighted by atomic mass is 32.1. The Balaban J connectivity index is 1.14. The van der Waals surface area contributed by atoms with Gasteiger partial charge in [-0.2, -0.15) is 0 Å². The first-order valence-corrected chi connectivity index (χ1v) is 14.5. The molecular formula is C28H36FN3O4S. The number of benzene rings is 1. The fraction of sp³-hybridized carbons (Fsp3) is 0.607. The van der Waals surface area contributed by atoms with Crippen LogP contribution in [0.1, 0.15) is 32.1 Å². The summed E-state index contributed by atoms with van der Waals surface area (Å²) < 4.78 is 26.3. The fourth-order valence-electron chi connectivity index (χ4n) is 6.60. The Morgan fingerprint density at radius 3 is 2.59 bits per heavy atom. The SMILES string of the molecule is O=C(Oc1cccs1)N(CC1C2CN(CC3(O)CCCCC3)CC21)c1ccc(N2CCOCC2)c(F)c1. The highest BCUT2D eigenvalue weighted by Gasteiger charge is 2.57. The van der Waals surface area contributed by atoms with Gasteiger partial charge in [0.1, 0.15) is 5.82 Å². The number of β-amino-alcohol motifs (C(OH)–C–C–N with tert-alkyl or cyclic N) is 1. The van der Waals surface area contributed by atoms with Gasteiger partial charge in [0.2, 0.25) is 0 Å². The number of rotatable bonds is 7. The third-order valence-corrected chi connectivity index (χ3v) is 9.39. The fourth-order valence-corrected chi connectivity index (χ4v) is 7.17. The minimum atomic E-state index is -0.541. The van der Waals surface area contributed by atoms with Gasteiger partial charge in [-0.15, -0.1) is 11.3 Å². The molecule has 0 bridgehead atoms. The lowest BCUT2D eigenvalue weighted by molar-refractivity contribution is -0.0243. The predicted molar refractivity (Wildman–Crippen MR) is 142 cm³/mol. The average Bonchev–Trinajstić information content (AvgIpc) is 3.23. The first-order valence-electron chi connectivity index (χ1n) is 13.6. The second-order valence-electron chi connectivity index (χ2n) is 11.1. The molecule has 1 N–H and O–H groups in total. The van der Waals surface area contributed by atoms with Gasteiger partial charge in [-0.25, -0.2) is 9.18 Å². The molecule has 2 unspecified atom stereocenters. The number of thiophene rings is 1. The van der Waals surface area contributed by atoms with Crippen molar-refractivity contribution in [3.8, 4) is 5.06 Å². The normalized spacial score (nSPS) is 27.1. The van der Waals surface area contributed by atoms with Crippen LogP contribution in [0.25, 0.3) is 0 Å². The number of ether oxygens (including phenoxy) is 2. The highest BCUT2D eigenvalue weighted by Crippen LogP contribution is 2.53. The third-order valence-electron chi connectivity index (χ3n) is 8.64. The highest BCUT2D eigenvalue weighted by molar-refractivity contribution is 7.11. The van der Waals surface area contributed by atoms with E-state index in [0.717, 1.165) is 45.3 Å². The van der Waals surface area contributed by atoms with Gasteiger partial charge in [-0.1, -0.05) is 19.3 Å². The smallest absolute Gasteiger partial charge is 0.399 e. The number of nitrogens with zero attached hydrogens (tertiary/aromatic N) is 3. The summed E-state index contributed by atoms with van der Waals surface area (Å²) in [6.07, 6.45) is 4.78. The summed E-state index contributed by atoms with van der Waals surface area (Å²) in [5, 5.41) is 13.4. The number of piperidine rings is 1. The first kappa shape index (κ1) is 25.1. The van der Waals surface area contributed by atoms with Crippen LogP contribution in [-0.4, -0.2) is 74.2 Å². The zero-order chi connectivity index (χ0) is 25.4. The second-order valence-corrected chi connectivity index (χ2v) is 12.0. The molecule has 2 aliphatic heterocycles. The number of fused-ring (bicyclic) bond motifs is 1. The van der Waals surface area contributed by atoms with Crippen molar-refractivity contribution in [3.63, 3.8) is 0 Å². The van der Waals surface area contributed by atoms with E-state index in [1.165, 1.54) is 23.8 Å². The number of hydrogen-bond acceptors (Lipinski definition) is 7. The molecule has 2 aromatic rings. The molecule has 200 valence electrons. The summed E-state index contributed by atoms with van der Waals surface area (Å²) in [5.41, 5.74) is 0.522. The standard InChI is InChI=1S/C28H36FN3O4S/c29-24-15-20(6-7-25(24)31-10-12-35-13-11-31)32(27(33)36-26-5-4-14-37-26)18-23-21-16-30(17-22(21)23)19-28(34)8-2-1-3-9-28/h4-7,14-15,21-23,34H,1-3,8-13,16-19H2. The van der Waals surface area contributed by atoms with E-state index in [4.69, 9.17) is 9.47 Å². The maximum Gasteiger partial charge on any atom is 0.420 e. The Morgan fingerprint density at radius 1 is 1.16 bits per heavy atom. The van der Waals surface area contributed by atoms with Crippen molar-refractivity contribution in [1.82, 2.24) is 4.90 Å². The molecule has 9 heteroatoms. The summed E-state index contributed by atoms with van der Waals surface area (Å²) in [6, 6.07) is 8.66. The summed E-state index contributed by atoms with van der Waals surface area (Å²) in [7, 11) is 0. The Bertz CT molecular complexity index is 1080. The molecule has 2 atom stereocenters. The van der Waals surface area contributed by atoms with Crippen molar-refractivity contribution < 1.29 is 23.8 Å². The lowest BCUT2D eigenvalue weighted by Crippen LogP contribution is -2.45. The Labute approximate surface area is 221 Å². The number of carbonyl (C=O) groups excluding carboxylic acids is 1. The third kappa shape index (κ3) is 5.50. The Kier molecular flexibility index (Phi) is 7.13. The van der Waals surface area contributed by atoms with E-state index in [2.05, 4.69) is 4.90 Å². The Morgan fingerprint density at radius 2 is 1.92 bits per heavy atom.